The summed E-state index contributed by atoms with van der Waals surface area (Å²) in [5, 5.41) is -0.784. The molecule has 0 aliphatic rings. The number of hydrogen-bond acceptors (Lipinski definition) is 2. The summed E-state index contributed by atoms with van der Waals surface area (Å²) in [4.78, 5) is 21.9. The highest BCUT2D eigenvalue weighted by Gasteiger charge is 2.15. The summed E-state index contributed by atoms with van der Waals surface area (Å²) >= 11 is 10.2. The molecule has 58 valence electrons. The summed E-state index contributed by atoms with van der Waals surface area (Å²) in [6.07, 6.45) is 0. The zero-order valence-corrected chi connectivity index (χ0v) is 6.95. The fraction of sp³-hybridized carbons (Fsp3) is 0.600. The van der Waals surface area contributed by atoms with E-state index < -0.39 is 11.3 Å². The molecule has 5 heteroatoms. The molecule has 2 amide bonds. The van der Waals surface area contributed by atoms with E-state index in [0.717, 1.165) is 4.90 Å². The molecule has 0 unspecified atom stereocenters. The number of amides is 2. The lowest BCUT2D eigenvalue weighted by atomic mass is 10.5. The minimum atomic E-state index is -0.784. The number of hydrogen-bond donors (Lipinski definition) is 0. The third-order valence-corrected chi connectivity index (χ3v) is 1.38. The van der Waals surface area contributed by atoms with E-state index in [1.54, 1.807) is 6.92 Å². The zero-order chi connectivity index (χ0) is 8.15. The first kappa shape index (κ1) is 9.72. The number of halogens is 2. The van der Waals surface area contributed by atoms with Gasteiger partial charge in [-0.1, -0.05) is 0 Å². The van der Waals surface area contributed by atoms with Crippen LogP contribution in [0.2, 0.25) is 0 Å². The molecule has 0 atom stereocenters. The number of carbonyl (C=O) groups is 2. The molecule has 0 N–H and O–H groups in total. The Hall–Kier alpha value is -0.280. The molecule has 0 rings (SSSR count). The van der Waals surface area contributed by atoms with Gasteiger partial charge in [0.25, 0.3) is 0 Å². The average molecular weight is 184 g/mol. The van der Waals surface area contributed by atoms with Gasteiger partial charge in [-0.05, 0) is 18.5 Å². The molecule has 0 aromatic heterocycles. The van der Waals surface area contributed by atoms with Crippen LogP contribution in [0.3, 0.4) is 0 Å². The second-order valence-corrected chi connectivity index (χ2v) is 2.12. The van der Waals surface area contributed by atoms with E-state index in [1.807, 2.05) is 0 Å². The van der Waals surface area contributed by atoms with Crippen molar-refractivity contribution in [1.29, 1.82) is 0 Å². The maximum Gasteiger partial charge on any atom is 0.323 e. The Kier molecular flexibility index (Phi) is 4.40. The van der Waals surface area contributed by atoms with Crippen molar-refractivity contribution >= 4 is 34.5 Å². The lowest BCUT2D eigenvalue weighted by Crippen LogP contribution is -2.33. The van der Waals surface area contributed by atoms with E-state index in [9.17, 15) is 9.59 Å². The van der Waals surface area contributed by atoms with Crippen LogP contribution < -0.4 is 0 Å². The fourth-order valence-electron chi connectivity index (χ4n) is 0.471. The third-order valence-electron chi connectivity index (χ3n) is 0.944. The van der Waals surface area contributed by atoms with Crippen molar-refractivity contribution in [2.24, 2.45) is 0 Å². The molecule has 0 aliphatic heterocycles. The first-order chi connectivity index (χ1) is 4.63. The van der Waals surface area contributed by atoms with Crippen molar-refractivity contribution < 1.29 is 9.59 Å². The van der Waals surface area contributed by atoms with Crippen LogP contribution in [0.4, 0.5) is 4.79 Å². The molecular formula is C5H7Cl2NO2. The summed E-state index contributed by atoms with van der Waals surface area (Å²) in [5.74, 6) is -0.684. The van der Waals surface area contributed by atoms with Gasteiger partial charge < -0.3 is 0 Å². The van der Waals surface area contributed by atoms with Crippen molar-refractivity contribution in [1.82, 2.24) is 4.90 Å². The van der Waals surface area contributed by atoms with Gasteiger partial charge in [0.05, 0.1) is 0 Å². The zero-order valence-electron chi connectivity index (χ0n) is 5.43. The van der Waals surface area contributed by atoms with Crippen LogP contribution in [-0.4, -0.2) is 28.6 Å². The second kappa shape index (κ2) is 4.52. The Morgan fingerprint density at radius 2 is 2.00 bits per heavy atom. The second-order valence-electron chi connectivity index (χ2n) is 1.52. The monoisotopic (exact) mass is 183 g/mol. The van der Waals surface area contributed by atoms with Crippen molar-refractivity contribution in [2.45, 2.75) is 6.92 Å². The molecule has 10 heavy (non-hydrogen) atoms. The molecule has 0 bridgehead atoms. The van der Waals surface area contributed by atoms with E-state index in [-0.39, 0.29) is 12.4 Å². The van der Waals surface area contributed by atoms with Gasteiger partial charge in [-0.25, -0.2) is 0 Å². The lowest BCUT2D eigenvalue weighted by molar-refractivity contribution is -0.125. The molecule has 0 aromatic rings. The number of imide groups is 1. The Morgan fingerprint density at radius 3 is 2.10 bits per heavy atom. The first-order valence-electron chi connectivity index (χ1n) is 2.69. The predicted molar refractivity (Wildman–Crippen MR) is 39.4 cm³/mol. The average Bonchev–Trinajstić information content (AvgIpc) is 1.88. The van der Waals surface area contributed by atoms with Gasteiger partial charge in [-0.3, -0.25) is 14.5 Å². The Labute approximate surface area is 68.9 Å². The highest BCUT2D eigenvalue weighted by Crippen LogP contribution is 1.97. The number of nitrogens with zero attached hydrogens (tertiary/aromatic N) is 1. The van der Waals surface area contributed by atoms with Crippen LogP contribution >= 0.6 is 23.2 Å². The molecule has 3 nitrogen and oxygen atoms in total. The molecule has 0 radical (unpaired) electrons. The van der Waals surface area contributed by atoms with Gasteiger partial charge in [0.2, 0.25) is 5.91 Å². The fourth-order valence-corrected chi connectivity index (χ4v) is 0.829. The molecule has 0 spiro atoms. The smallest absolute Gasteiger partial charge is 0.273 e. The Bertz CT molecular complexity index is 149. The number of rotatable bonds is 2. The maximum atomic E-state index is 10.7. The van der Waals surface area contributed by atoms with Gasteiger partial charge in [0, 0.05) is 6.54 Å². The van der Waals surface area contributed by atoms with E-state index in [4.69, 9.17) is 23.2 Å². The van der Waals surface area contributed by atoms with Crippen LogP contribution in [0.1, 0.15) is 6.92 Å². The third kappa shape index (κ3) is 2.54. The molecule has 0 saturated heterocycles. The molecule has 0 aromatic carbocycles. The highest BCUT2D eigenvalue weighted by atomic mass is 35.5. The SMILES string of the molecule is CCN(C(=O)Cl)C(=O)CCl. The summed E-state index contributed by atoms with van der Waals surface area (Å²) in [6.45, 7) is 1.90. The number of carbonyl (C=O) groups excluding carboxylic acids is 2. The maximum absolute atomic E-state index is 10.7. The van der Waals surface area contributed by atoms with Crippen molar-refractivity contribution in [3.05, 3.63) is 0 Å². The summed E-state index contributed by atoms with van der Waals surface area (Å²) < 4.78 is 0. The standard InChI is InChI=1S/C5H7Cl2NO2/c1-2-8(5(7)10)4(9)3-6/h2-3H2,1H3. The predicted octanol–water partition coefficient (Wildman–Crippen LogP) is 1.43. The topological polar surface area (TPSA) is 37.4 Å². The van der Waals surface area contributed by atoms with Gasteiger partial charge in [0.15, 0.2) is 0 Å². The van der Waals surface area contributed by atoms with Crippen molar-refractivity contribution in [3.8, 4) is 0 Å². The normalized spacial score (nSPS) is 9.10. The molecule has 0 saturated carbocycles. The van der Waals surface area contributed by atoms with Crippen molar-refractivity contribution in [2.75, 3.05) is 12.4 Å². The molecule has 0 fully saturated rings. The van der Waals surface area contributed by atoms with E-state index in [0.29, 0.717) is 0 Å². The van der Waals surface area contributed by atoms with E-state index >= 15 is 0 Å². The van der Waals surface area contributed by atoms with Gasteiger partial charge in [-0.15, -0.1) is 11.6 Å². The Morgan fingerprint density at radius 1 is 1.50 bits per heavy atom. The minimum Gasteiger partial charge on any atom is -0.273 e. The Balaban J connectivity index is 4.06. The lowest BCUT2D eigenvalue weighted by Gasteiger charge is -2.12. The summed E-state index contributed by atoms with van der Waals surface area (Å²) in [5.41, 5.74) is 0. The van der Waals surface area contributed by atoms with Gasteiger partial charge in [0.1, 0.15) is 5.88 Å². The largest absolute Gasteiger partial charge is 0.323 e. The number of alkyl halides is 1. The summed E-state index contributed by atoms with van der Waals surface area (Å²) in [7, 11) is 0. The highest BCUT2D eigenvalue weighted by molar-refractivity contribution is 6.64. The minimum absolute atomic E-state index is 0.216. The van der Waals surface area contributed by atoms with E-state index in [1.165, 1.54) is 0 Å². The molecule has 0 aliphatic carbocycles. The van der Waals surface area contributed by atoms with Crippen LogP contribution in [0.15, 0.2) is 0 Å². The van der Waals surface area contributed by atoms with Gasteiger partial charge >= 0.3 is 5.37 Å². The first-order valence-corrected chi connectivity index (χ1v) is 3.60. The van der Waals surface area contributed by atoms with E-state index in [2.05, 4.69) is 0 Å². The van der Waals surface area contributed by atoms with Crippen LogP contribution in [0.25, 0.3) is 0 Å². The van der Waals surface area contributed by atoms with Crippen molar-refractivity contribution in [3.63, 3.8) is 0 Å². The van der Waals surface area contributed by atoms with Crippen LogP contribution in [0, 0.1) is 0 Å². The molecule has 0 heterocycles. The quantitative estimate of drug-likeness (QED) is 0.369. The van der Waals surface area contributed by atoms with Crippen LogP contribution in [0.5, 0.6) is 0 Å². The molecular weight excluding hydrogens is 177 g/mol. The summed E-state index contributed by atoms with van der Waals surface area (Å²) in [6, 6.07) is 0. The van der Waals surface area contributed by atoms with Crippen LogP contribution in [-0.2, 0) is 4.79 Å². The van der Waals surface area contributed by atoms with Gasteiger partial charge in [-0.2, -0.15) is 0 Å².